The lowest BCUT2D eigenvalue weighted by Gasteiger charge is -2.36. The molecule has 3 aromatic rings. The van der Waals surface area contributed by atoms with Gasteiger partial charge >= 0.3 is 6.18 Å². The lowest BCUT2D eigenvalue weighted by atomic mass is 9.86. The third-order valence-electron chi connectivity index (χ3n) is 7.13. The van der Waals surface area contributed by atoms with Gasteiger partial charge in [-0.2, -0.15) is 13.2 Å². The van der Waals surface area contributed by atoms with Gasteiger partial charge in [0, 0.05) is 29.0 Å². The highest BCUT2D eigenvalue weighted by Gasteiger charge is 2.35. The normalized spacial score (nSPS) is 18.3. The first-order valence-corrected chi connectivity index (χ1v) is 14.0. The first-order chi connectivity index (χ1) is 19.8. The quantitative estimate of drug-likeness (QED) is 0.245. The van der Waals surface area contributed by atoms with Crippen molar-refractivity contribution in [3.8, 4) is 17.2 Å². The molecule has 2 amide bonds. The Kier molecular flexibility index (Phi) is 9.24. The van der Waals surface area contributed by atoms with Gasteiger partial charge in [0.1, 0.15) is 17.0 Å². The van der Waals surface area contributed by atoms with Crippen molar-refractivity contribution in [3.05, 3.63) is 54.1 Å². The number of nitrogens with one attached hydrogen (secondary N) is 2. The highest BCUT2D eigenvalue weighted by molar-refractivity contribution is 5.98. The number of hydrogen-bond acceptors (Lipinski definition) is 7. The summed E-state index contributed by atoms with van der Waals surface area (Å²) in [7, 11) is 0. The number of carbonyl (C=O) groups is 2. The van der Waals surface area contributed by atoms with Crippen molar-refractivity contribution < 1.29 is 31.9 Å². The van der Waals surface area contributed by atoms with Crippen LogP contribution >= 0.6 is 0 Å². The van der Waals surface area contributed by atoms with Gasteiger partial charge in [0.05, 0.1) is 12.1 Å². The molecule has 2 aromatic heterocycles. The van der Waals surface area contributed by atoms with Crippen LogP contribution in [-0.4, -0.2) is 40.0 Å². The predicted octanol–water partition coefficient (Wildman–Crippen LogP) is 5.69. The molecule has 4 N–H and O–H groups in total. The van der Waals surface area contributed by atoms with E-state index in [-0.39, 0.29) is 58.6 Å². The van der Waals surface area contributed by atoms with Crippen LogP contribution in [-0.2, 0) is 11.0 Å². The van der Waals surface area contributed by atoms with Crippen LogP contribution in [0.25, 0.3) is 22.4 Å². The molecule has 12 heteroatoms. The number of halogens is 3. The fraction of sp³-hybridized carbons (Fsp3) is 0.467. The van der Waals surface area contributed by atoms with E-state index in [0.29, 0.717) is 30.2 Å². The summed E-state index contributed by atoms with van der Waals surface area (Å²) in [5, 5.41) is 6.13. The topological polar surface area (TPSA) is 132 Å². The van der Waals surface area contributed by atoms with Gasteiger partial charge in [0.2, 0.25) is 11.8 Å². The highest BCUT2D eigenvalue weighted by atomic mass is 19.4. The van der Waals surface area contributed by atoms with Crippen LogP contribution in [0.1, 0.15) is 81.4 Å². The van der Waals surface area contributed by atoms with E-state index in [1.54, 1.807) is 6.07 Å². The number of ether oxygens (including phenoxy) is 1. The number of alkyl halides is 3. The largest absolute Gasteiger partial charge is 0.488 e. The standard InChI is InChI=1S/C30H36F3N5O4/c1-6-8-16(5)41-22-11-9-20(19-10-12-23(30(31,32)33)37-24(19)22)29-38-25(26(42-29)21(34)7-2)28(40)36-18-13-17(14-18)35-27(39)15(3)4/h7,9-12,15-18,21H,2,6,8,13-14,34H2,1,3-5H3,(H,35,39)(H,36,40). The van der Waals surface area contributed by atoms with E-state index < -0.39 is 23.8 Å². The number of fused-ring (bicyclic) bond motifs is 1. The summed E-state index contributed by atoms with van der Waals surface area (Å²) in [6.07, 6.45) is -0.856. The number of rotatable bonds is 11. The maximum atomic E-state index is 13.6. The molecule has 2 heterocycles. The molecule has 9 nitrogen and oxygen atoms in total. The van der Waals surface area contributed by atoms with Crippen molar-refractivity contribution in [2.75, 3.05) is 0 Å². The van der Waals surface area contributed by atoms with E-state index in [1.165, 1.54) is 18.2 Å². The monoisotopic (exact) mass is 587 g/mol. The molecule has 0 aliphatic heterocycles. The van der Waals surface area contributed by atoms with Crippen LogP contribution in [0.5, 0.6) is 5.75 Å². The van der Waals surface area contributed by atoms with Gasteiger partial charge in [-0.05, 0) is 50.5 Å². The minimum Gasteiger partial charge on any atom is -0.488 e. The smallest absolute Gasteiger partial charge is 0.433 e. The molecule has 1 fully saturated rings. The summed E-state index contributed by atoms with van der Waals surface area (Å²) in [5.74, 6) is -0.468. The van der Waals surface area contributed by atoms with Crippen LogP contribution in [0, 0.1) is 5.92 Å². The summed E-state index contributed by atoms with van der Waals surface area (Å²) in [6.45, 7) is 11.1. The first kappa shape index (κ1) is 31.0. The number of aromatic nitrogens is 2. The highest BCUT2D eigenvalue weighted by Crippen LogP contribution is 2.38. The molecular formula is C30H36F3N5O4. The zero-order chi connectivity index (χ0) is 30.8. The minimum absolute atomic E-state index is 0.00648. The Morgan fingerprint density at radius 2 is 1.83 bits per heavy atom. The summed E-state index contributed by atoms with van der Waals surface area (Å²) < 4.78 is 52.6. The molecule has 1 aliphatic rings. The number of hydrogen-bond donors (Lipinski definition) is 3. The molecule has 1 aromatic carbocycles. The molecule has 42 heavy (non-hydrogen) atoms. The molecule has 0 spiro atoms. The lowest BCUT2D eigenvalue weighted by Crippen LogP contribution is -2.54. The second kappa shape index (κ2) is 12.5. The molecule has 0 bridgehead atoms. The Hall–Kier alpha value is -3.93. The number of amides is 2. The third-order valence-corrected chi connectivity index (χ3v) is 7.13. The van der Waals surface area contributed by atoms with Crippen LogP contribution in [0.15, 0.2) is 41.3 Å². The van der Waals surface area contributed by atoms with Crippen LogP contribution in [0.3, 0.4) is 0 Å². The molecule has 226 valence electrons. The van der Waals surface area contributed by atoms with Crippen molar-refractivity contribution in [1.82, 2.24) is 20.6 Å². The molecule has 1 aliphatic carbocycles. The number of benzene rings is 1. The van der Waals surface area contributed by atoms with E-state index in [9.17, 15) is 22.8 Å². The van der Waals surface area contributed by atoms with Crippen molar-refractivity contribution >= 4 is 22.7 Å². The maximum absolute atomic E-state index is 13.6. The van der Waals surface area contributed by atoms with Crippen molar-refractivity contribution in [1.29, 1.82) is 0 Å². The minimum atomic E-state index is -4.66. The summed E-state index contributed by atoms with van der Waals surface area (Å²) >= 11 is 0. The molecule has 2 atom stereocenters. The van der Waals surface area contributed by atoms with Gasteiger partial charge in [-0.1, -0.05) is 33.3 Å². The van der Waals surface area contributed by atoms with E-state index >= 15 is 0 Å². The Morgan fingerprint density at radius 3 is 2.45 bits per heavy atom. The Morgan fingerprint density at radius 1 is 1.14 bits per heavy atom. The molecule has 4 rings (SSSR count). The van der Waals surface area contributed by atoms with Crippen LogP contribution in [0.2, 0.25) is 0 Å². The predicted molar refractivity (Wildman–Crippen MR) is 152 cm³/mol. The average molecular weight is 588 g/mol. The van der Waals surface area contributed by atoms with Gasteiger partial charge in [-0.25, -0.2) is 9.97 Å². The van der Waals surface area contributed by atoms with E-state index in [1.807, 2.05) is 27.7 Å². The Bertz CT molecular complexity index is 1460. The van der Waals surface area contributed by atoms with Crippen molar-refractivity contribution in [2.45, 2.75) is 83.8 Å². The summed E-state index contributed by atoms with van der Waals surface area (Å²) in [4.78, 5) is 33.5. The number of oxazole rings is 1. The van der Waals surface area contributed by atoms with E-state index in [4.69, 9.17) is 14.9 Å². The molecule has 0 radical (unpaired) electrons. The number of pyridine rings is 1. The second-order valence-corrected chi connectivity index (χ2v) is 10.9. The number of carbonyl (C=O) groups excluding carboxylic acids is 2. The zero-order valence-corrected chi connectivity index (χ0v) is 24.0. The van der Waals surface area contributed by atoms with Crippen molar-refractivity contribution in [2.24, 2.45) is 11.7 Å². The fourth-order valence-corrected chi connectivity index (χ4v) is 4.73. The van der Waals surface area contributed by atoms with Crippen LogP contribution < -0.4 is 21.1 Å². The van der Waals surface area contributed by atoms with E-state index in [2.05, 4.69) is 27.2 Å². The third kappa shape index (κ3) is 6.75. The molecule has 2 unspecified atom stereocenters. The van der Waals surface area contributed by atoms with Gasteiger partial charge in [-0.15, -0.1) is 6.58 Å². The molecule has 1 saturated carbocycles. The number of nitrogens with zero attached hydrogens (tertiary/aromatic N) is 2. The summed E-state index contributed by atoms with van der Waals surface area (Å²) in [5.41, 5.74) is 5.35. The lowest BCUT2D eigenvalue weighted by molar-refractivity contribution is -0.141. The molecular weight excluding hydrogens is 551 g/mol. The maximum Gasteiger partial charge on any atom is 0.433 e. The zero-order valence-electron chi connectivity index (χ0n) is 24.0. The van der Waals surface area contributed by atoms with Crippen molar-refractivity contribution in [3.63, 3.8) is 0 Å². The van der Waals surface area contributed by atoms with Crippen LogP contribution in [0.4, 0.5) is 13.2 Å². The number of nitrogens with two attached hydrogens (primary N) is 1. The Labute approximate surface area is 242 Å². The van der Waals surface area contributed by atoms with Gasteiger partial charge < -0.3 is 25.5 Å². The first-order valence-electron chi connectivity index (χ1n) is 14.0. The van der Waals surface area contributed by atoms with Gasteiger partial charge in [0.25, 0.3) is 5.91 Å². The molecule has 0 saturated heterocycles. The summed E-state index contributed by atoms with van der Waals surface area (Å²) in [6, 6.07) is 4.21. The second-order valence-electron chi connectivity index (χ2n) is 10.9. The van der Waals surface area contributed by atoms with Gasteiger partial charge in [0.15, 0.2) is 11.5 Å². The van der Waals surface area contributed by atoms with E-state index in [0.717, 1.165) is 12.5 Å². The SMILES string of the molecule is C=CC(N)c1oc(-c2ccc(OC(C)CCC)c3nc(C(F)(F)F)ccc23)nc1C(=O)NC1CC(NC(=O)C(C)C)C1. The fourth-order valence-electron chi connectivity index (χ4n) is 4.73. The van der Waals surface area contributed by atoms with Gasteiger partial charge in [-0.3, -0.25) is 9.59 Å². The Balaban J connectivity index is 1.67. The average Bonchev–Trinajstić information content (AvgIpc) is 3.36.